The molecule has 0 bridgehead atoms. The van der Waals surface area contributed by atoms with Crippen LogP contribution in [-0.2, 0) is 0 Å². The SMILES string of the molecule is CCN(C)C(CN)c1ccc(Cl)c2cccnc12. The molecular formula is C14H18ClN3. The molecule has 0 spiro atoms. The van der Waals surface area contributed by atoms with Crippen molar-refractivity contribution in [2.24, 2.45) is 5.73 Å². The molecule has 1 heterocycles. The van der Waals surface area contributed by atoms with Crippen LogP contribution in [0.4, 0.5) is 0 Å². The van der Waals surface area contributed by atoms with Crippen LogP contribution >= 0.6 is 11.6 Å². The first-order chi connectivity index (χ1) is 8.69. The summed E-state index contributed by atoms with van der Waals surface area (Å²) >= 11 is 6.21. The maximum absolute atomic E-state index is 6.21. The van der Waals surface area contributed by atoms with Crippen molar-refractivity contribution in [1.29, 1.82) is 0 Å². The molecule has 0 radical (unpaired) electrons. The van der Waals surface area contributed by atoms with Crippen molar-refractivity contribution >= 4 is 22.5 Å². The fraction of sp³-hybridized carbons (Fsp3) is 0.357. The molecular weight excluding hydrogens is 246 g/mol. The molecule has 4 heteroatoms. The third-order valence-electron chi connectivity index (χ3n) is 3.36. The lowest BCUT2D eigenvalue weighted by Crippen LogP contribution is -2.30. The monoisotopic (exact) mass is 263 g/mol. The van der Waals surface area contributed by atoms with E-state index < -0.39 is 0 Å². The summed E-state index contributed by atoms with van der Waals surface area (Å²) in [5.74, 6) is 0. The van der Waals surface area contributed by atoms with E-state index in [1.807, 2.05) is 24.3 Å². The number of likely N-dealkylation sites (N-methyl/N-ethyl adjacent to an activating group) is 1. The molecule has 0 aliphatic rings. The van der Waals surface area contributed by atoms with Crippen molar-refractivity contribution in [2.45, 2.75) is 13.0 Å². The minimum absolute atomic E-state index is 0.171. The summed E-state index contributed by atoms with van der Waals surface area (Å²) in [7, 11) is 2.07. The van der Waals surface area contributed by atoms with Crippen LogP contribution in [0.1, 0.15) is 18.5 Å². The van der Waals surface area contributed by atoms with E-state index in [1.165, 1.54) is 0 Å². The Balaban J connectivity index is 2.60. The maximum Gasteiger partial charge on any atom is 0.0765 e. The topological polar surface area (TPSA) is 42.1 Å². The van der Waals surface area contributed by atoms with Gasteiger partial charge in [-0.1, -0.05) is 24.6 Å². The normalized spacial score (nSPS) is 13.2. The lowest BCUT2D eigenvalue weighted by Gasteiger charge is -2.26. The molecule has 1 aromatic carbocycles. The number of benzene rings is 1. The van der Waals surface area contributed by atoms with Gasteiger partial charge >= 0.3 is 0 Å². The molecule has 1 atom stereocenters. The van der Waals surface area contributed by atoms with Crippen LogP contribution in [0.3, 0.4) is 0 Å². The van der Waals surface area contributed by atoms with Gasteiger partial charge in [-0.2, -0.15) is 0 Å². The molecule has 1 aromatic heterocycles. The van der Waals surface area contributed by atoms with E-state index in [1.54, 1.807) is 6.20 Å². The van der Waals surface area contributed by atoms with Crippen LogP contribution < -0.4 is 5.73 Å². The molecule has 2 aromatic rings. The fourth-order valence-corrected chi connectivity index (χ4v) is 2.41. The molecule has 2 N–H and O–H groups in total. The molecule has 96 valence electrons. The molecule has 0 aliphatic heterocycles. The van der Waals surface area contributed by atoms with Gasteiger partial charge in [-0.3, -0.25) is 9.88 Å². The third-order valence-corrected chi connectivity index (χ3v) is 3.69. The number of pyridine rings is 1. The van der Waals surface area contributed by atoms with Crippen molar-refractivity contribution in [3.8, 4) is 0 Å². The zero-order chi connectivity index (χ0) is 13.1. The molecule has 0 saturated heterocycles. The number of fused-ring (bicyclic) bond motifs is 1. The molecule has 1 unspecified atom stereocenters. The first-order valence-corrected chi connectivity index (χ1v) is 6.50. The predicted octanol–water partition coefficient (Wildman–Crippen LogP) is 2.84. The molecule has 0 aliphatic carbocycles. The van der Waals surface area contributed by atoms with Gasteiger partial charge in [0.05, 0.1) is 5.52 Å². The smallest absolute Gasteiger partial charge is 0.0765 e. The van der Waals surface area contributed by atoms with E-state index >= 15 is 0 Å². The van der Waals surface area contributed by atoms with Gasteiger partial charge in [0.25, 0.3) is 0 Å². The van der Waals surface area contributed by atoms with Gasteiger partial charge in [0.15, 0.2) is 0 Å². The largest absolute Gasteiger partial charge is 0.329 e. The van der Waals surface area contributed by atoms with Crippen molar-refractivity contribution in [3.63, 3.8) is 0 Å². The van der Waals surface area contributed by atoms with E-state index in [9.17, 15) is 0 Å². The number of hydrogen-bond acceptors (Lipinski definition) is 3. The number of nitrogens with two attached hydrogens (primary N) is 1. The van der Waals surface area contributed by atoms with Crippen molar-refractivity contribution in [3.05, 3.63) is 41.0 Å². The van der Waals surface area contributed by atoms with Gasteiger partial charge in [0.1, 0.15) is 0 Å². The average Bonchev–Trinajstić information content (AvgIpc) is 2.42. The Hall–Kier alpha value is -1.16. The fourth-order valence-electron chi connectivity index (χ4n) is 2.19. The van der Waals surface area contributed by atoms with Gasteiger partial charge in [-0.05, 0) is 37.4 Å². The van der Waals surface area contributed by atoms with E-state index in [0.29, 0.717) is 6.54 Å². The second kappa shape index (κ2) is 5.65. The summed E-state index contributed by atoms with van der Waals surface area (Å²) < 4.78 is 0. The zero-order valence-corrected chi connectivity index (χ0v) is 11.5. The van der Waals surface area contributed by atoms with Crippen LogP contribution in [0.2, 0.25) is 5.02 Å². The third kappa shape index (κ3) is 2.34. The van der Waals surface area contributed by atoms with Crippen LogP contribution in [0.15, 0.2) is 30.5 Å². The van der Waals surface area contributed by atoms with Crippen molar-refractivity contribution in [1.82, 2.24) is 9.88 Å². The van der Waals surface area contributed by atoms with Gasteiger partial charge in [0, 0.05) is 29.2 Å². The Bertz CT molecular complexity index is 542. The standard InChI is InChI=1S/C14H18ClN3/c1-3-18(2)13(9-16)11-6-7-12(15)10-5-4-8-17-14(10)11/h4-8,13H,3,9,16H2,1-2H3. The minimum Gasteiger partial charge on any atom is -0.329 e. The van der Waals surface area contributed by atoms with Crippen molar-refractivity contribution in [2.75, 3.05) is 20.1 Å². The highest BCUT2D eigenvalue weighted by atomic mass is 35.5. The van der Waals surface area contributed by atoms with E-state index in [-0.39, 0.29) is 6.04 Å². The summed E-state index contributed by atoms with van der Waals surface area (Å²) in [5.41, 5.74) is 7.99. The van der Waals surface area contributed by atoms with Crippen LogP contribution in [0, 0.1) is 0 Å². The van der Waals surface area contributed by atoms with E-state index in [2.05, 4.69) is 23.9 Å². The van der Waals surface area contributed by atoms with Gasteiger partial charge in [-0.25, -0.2) is 0 Å². The Morgan fingerprint density at radius 1 is 1.39 bits per heavy atom. The summed E-state index contributed by atoms with van der Waals surface area (Å²) in [5, 5.41) is 1.72. The molecule has 18 heavy (non-hydrogen) atoms. The van der Waals surface area contributed by atoms with Crippen LogP contribution in [0.25, 0.3) is 10.9 Å². The predicted molar refractivity (Wildman–Crippen MR) is 76.9 cm³/mol. The quantitative estimate of drug-likeness (QED) is 0.922. The summed E-state index contributed by atoms with van der Waals surface area (Å²) in [4.78, 5) is 6.68. The zero-order valence-electron chi connectivity index (χ0n) is 10.7. The Kier molecular flexibility index (Phi) is 4.17. The molecule has 3 nitrogen and oxygen atoms in total. The van der Waals surface area contributed by atoms with Crippen molar-refractivity contribution < 1.29 is 0 Å². The first kappa shape index (κ1) is 13.3. The number of halogens is 1. The lowest BCUT2D eigenvalue weighted by molar-refractivity contribution is 0.265. The van der Waals surface area contributed by atoms with Crippen LogP contribution in [0.5, 0.6) is 0 Å². The number of rotatable bonds is 4. The highest BCUT2D eigenvalue weighted by Gasteiger charge is 2.18. The average molecular weight is 264 g/mol. The number of nitrogens with zero attached hydrogens (tertiary/aromatic N) is 2. The van der Waals surface area contributed by atoms with Crippen LogP contribution in [-0.4, -0.2) is 30.0 Å². The maximum atomic E-state index is 6.21. The highest BCUT2D eigenvalue weighted by Crippen LogP contribution is 2.30. The van der Waals surface area contributed by atoms with E-state index in [4.69, 9.17) is 17.3 Å². The lowest BCUT2D eigenvalue weighted by atomic mass is 10.0. The molecule has 0 fully saturated rings. The number of aromatic nitrogens is 1. The molecule has 0 saturated carbocycles. The summed E-state index contributed by atoms with van der Waals surface area (Å²) in [6, 6.07) is 8.02. The number of hydrogen-bond donors (Lipinski definition) is 1. The second-order valence-electron chi connectivity index (χ2n) is 4.36. The molecule has 2 rings (SSSR count). The Morgan fingerprint density at radius 2 is 2.17 bits per heavy atom. The highest BCUT2D eigenvalue weighted by molar-refractivity contribution is 6.35. The van der Waals surface area contributed by atoms with Gasteiger partial charge in [-0.15, -0.1) is 0 Å². The Morgan fingerprint density at radius 3 is 2.83 bits per heavy atom. The Labute approximate surface area is 113 Å². The summed E-state index contributed by atoms with van der Waals surface area (Å²) in [6.45, 7) is 3.63. The van der Waals surface area contributed by atoms with Gasteiger partial charge in [0.2, 0.25) is 0 Å². The van der Waals surface area contributed by atoms with E-state index in [0.717, 1.165) is 28.0 Å². The molecule has 0 amide bonds. The summed E-state index contributed by atoms with van der Waals surface area (Å²) in [6.07, 6.45) is 1.79. The second-order valence-corrected chi connectivity index (χ2v) is 4.77. The minimum atomic E-state index is 0.171. The first-order valence-electron chi connectivity index (χ1n) is 6.12. The van der Waals surface area contributed by atoms with Gasteiger partial charge < -0.3 is 5.73 Å².